The number of fused-ring (bicyclic) bond motifs is 3. The number of nitrogens with zero attached hydrogens (tertiary/aromatic N) is 4. The molecule has 2 heterocycles. The molecule has 40 heavy (non-hydrogen) atoms. The second-order valence-corrected chi connectivity index (χ2v) is 10.3. The Morgan fingerprint density at radius 1 is 1.12 bits per heavy atom. The van der Waals surface area contributed by atoms with Crippen molar-refractivity contribution in [2.24, 2.45) is 0 Å². The minimum atomic E-state index is -1.66. The standard InChI is InChI=1S/C28H27N5O7/c1-11(2)33-31-27(30-32-33)15-7-8-17(35)16(9-15)29-13(4)20-18(36)10-19-28(6,26(20)39)22-24(38)12(3)23(37)21(14(5)34)25(22)40-19/h7-11,29,35,37-38H,1-6H3/t28-/m0/s1. The Balaban J connectivity index is 1.59. The van der Waals surface area contributed by atoms with Crippen LogP contribution in [0.4, 0.5) is 5.69 Å². The number of allylic oxidation sites excluding steroid dienone is 4. The number of ether oxygens (including phenoxy) is 1. The molecule has 2 aromatic carbocycles. The number of phenols is 3. The molecule has 0 saturated carbocycles. The van der Waals surface area contributed by atoms with Gasteiger partial charge in [0.15, 0.2) is 17.3 Å². The fourth-order valence-electron chi connectivity index (χ4n) is 4.96. The summed E-state index contributed by atoms with van der Waals surface area (Å²) in [6, 6.07) is 4.59. The van der Waals surface area contributed by atoms with Crippen LogP contribution in [0.1, 0.15) is 62.1 Å². The Kier molecular flexibility index (Phi) is 6.01. The zero-order valence-electron chi connectivity index (χ0n) is 22.7. The van der Waals surface area contributed by atoms with Gasteiger partial charge in [0.2, 0.25) is 5.82 Å². The number of hydrogen-bond donors (Lipinski definition) is 4. The number of anilines is 1. The first-order valence-electron chi connectivity index (χ1n) is 12.5. The summed E-state index contributed by atoms with van der Waals surface area (Å²) in [6.45, 7) is 9.43. The summed E-state index contributed by atoms with van der Waals surface area (Å²) < 4.78 is 5.79. The highest BCUT2D eigenvalue weighted by molar-refractivity contribution is 6.31. The van der Waals surface area contributed by atoms with Crippen LogP contribution < -0.4 is 10.1 Å². The van der Waals surface area contributed by atoms with E-state index in [1.165, 1.54) is 38.6 Å². The third kappa shape index (κ3) is 3.74. The van der Waals surface area contributed by atoms with Gasteiger partial charge in [-0.2, -0.15) is 4.80 Å². The van der Waals surface area contributed by atoms with Crippen LogP contribution in [0.5, 0.6) is 23.0 Å². The molecule has 12 heteroatoms. The van der Waals surface area contributed by atoms with E-state index in [0.29, 0.717) is 11.4 Å². The Morgan fingerprint density at radius 3 is 2.45 bits per heavy atom. The number of ketones is 3. The lowest BCUT2D eigenvalue weighted by Crippen LogP contribution is -2.40. The largest absolute Gasteiger partial charge is 0.507 e. The lowest BCUT2D eigenvalue weighted by atomic mass is 9.70. The van der Waals surface area contributed by atoms with Crippen LogP contribution >= 0.6 is 0 Å². The Bertz CT molecular complexity index is 1720. The van der Waals surface area contributed by atoms with Crippen molar-refractivity contribution in [3.8, 4) is 34.4 Å². The second kappa shape index (κ2) is 9.04. The predicted octanol–water partition coefficient (Wildman–Crippen LogP) is 3.62. The highest BCUT2D eigenvalue weighted by atomic mass is 16.5. The fraction of sp³-hybridized carbons (Fsp3) is 0.286. The maximum Gasteiger partial charge on any atom is 0.205 e. The van der Waals surface area contributed by atoms with Gasteiger partial charge in [-0.15, -0.1) is 10.2 Å². The molecule has 0 radical (unpaired) electrons. The Hall–Kier alpha value is -5.00. The van der Waals surface area contributed by atoms with Crippen molar-refractivity contribution in [2.45, 2.75) is 53.0 Å². The molecule has 1 aromatic heterocycles. The third-order valence-corrected chi connectivity index (χ3v) is 7.23. The molecular formula is C28H27N5O7. The normalized spacial score (nSPS) is 19.2. The predicted molar refractivity (Wildman–Crippen MR) is 142 cm³/mol. The van der Waals surface area contributed by atoms with Crippen molar-refractivity contribution in [1.82, 2.24) is 20.2 Å². The number of nitrogens with one attached hydrogen (secondary N) is 1. The lowest BCUT2D eigenvalue weighted by molar-refractivity contribution is -0.123. The molecule has 0 bridgehead atoms. The number of tetrazole rings is 1. The van der Waals surface area contributed by atoms with Crippen LogP contribution in [0.2, 0.25) is 0 Å². The van der Waals surface area contributed by atoms with Gasteiger partial charge >= 0.3 is 0 Å². The number of carbonyl (C=O) groups is 3. The minimum absolute atomic E-state index is 0.00449. The molecule has 5 rings (SSSR count). The number of carbonyl (C=O) groups excluding carboxylic acids is 3. The van der Waals surface area contributed by atoms with Gasteiger partial charge in [-0.05, 0) is 65.0 Å². The SMILES string of the molecule is CC(=O)c1c(O)c(C)c(O)c2c1OC1=CC(=O)C(=C(C)Nc3cc(-c4nnn(C(C)C)n4)ccc3O)C(=O)[C@@]12C. The molecule has 12 nitrogen and oxygen atoms in total. The maximum absolute atomic E-state index is 14.0. The summed E-state index contributed by atoms with van der Waals surface area (Å²) in [5, 5.41) is 47.3. The van der Waals surface area contributed by atoms with Gasteiger partial charge in [0.1, 0.15) is 39.7 Å². The molecule has 1 atom stereocenters. The Labute approximate surface area is 228 Å². The highest BCUT2D eigenvalue weighted by Crippen LogP contribution is 2.57. The summed E-state index contributed by atoms with van der Waals surface area (Å²) in [6.07, 6.45) is 1.13. The average molecular weight is 546 g/mol. The molecular weight excluding hydrogens is 518 g/mol. The highest BCUT2D eigenvalue weighted by Gasteiger charge is 2.56. The lowest BCUT2D eigenvalue weighted by Gasteiger charge is -2.29. The van der Waals surface area contributed by atoms with Crippen LogP contribution in [0, 0.1) is 6.92 Å². The third-order valence-electron chi connectivity index (χ3n) is 7.23. The molecule has 4 N–H and O–H groups in total. The molecule has 0 saturated heterocycles. The molecule has 0 spiro atoms. The number of phenolic OH excluding ortho intramolecular Hbond substituents is 3. The quantitative estimate of drug-likeness (QED) is 0.159. The second-order valence-electron chi connectivity index (χ2n) is 10.3. The van der Waals surface area contributed by atoms with E-state index in [2.05, 4.69) is 20.7 Å². The van der Waals surface area contributed by atoms with E-state index in [0.717, 1.165) is 6.08 Å². The van der Waals surface area contributed by atoms with Crippen molar-refractivity contribution < 1.29 is 34.4 Å². The molecule has 0 fully saturated rings. The van der Waals surface area contributed by atoms with Crippen molar-refractivity contribution in [2.75, 3.05) is 5.32 Å². The topological polar surface area (TPSA) is 177 Å². The molecule has 206 valence electrons. The number of aromatic hydroxyl groups is 3. The summed E-state index contributed by atoms with van der Waals surface area (Å²) in [7, 11) is 0. The average Bonchev–Trinajstić information content (AvgIpc) is 3.48. The summed E-state index contributed by atoms with van der Waals surface area (Å²) in [4.78, 5) is 41.0. The van der Waals surface area contributed by atoms with Crippen LogP contribution in [-0.4, -0.2) is 52.9 Å². The zero-order chi connectivity index (χ0) is 29.3. The monoisotopic (exact) mass is 545 g/mol. The molecule has 0 amide bonds. The van der Waals surface area contributed by atoms with Gasteiger partial charge < -0.3 is 25.4 Å². The van der Waals surface area contributed by atoms with E-state index >= 15 is 0 Å². The van der Waals surface area contributed by atoms with Gasteiger partial charge in [0, 0.05) is 22.9 Å². The molecule has 2 aliphatic rings. The van der Waals surface area contributed by atoms with Gasteiger partial charge in [0.25, 0.3) is 0 Å². The van der Waals surface area contributed by atoms with Crippen LogP contribution in [0.15, 0.2) is 41.3 Å². The smallest absolute Gasteiger partial charge is 0.205 e. The first-order chi connectivity index (χ1) is 18.8. The van der Waals surface area contributed by atoms with Crippen LogP contribution in [0.25, 0.3) is 11.4 Å². The van der Waals surface area contributed by atoms with Gasteiger partial charge in [-0.25, -0.2) is 0 Å². The number of aromatic nitrogens is 4. The number of Topliss-reactive ketones (excluding diaryl/α,β-unsaturated/α-hetero) is 2. The van der Waals surface area contributed by atoms with Crippen LogP contribution in [0.3, 0.4) is 0 Å². The van der Waals surface area contributed by atoms with E-state index in [1.807, 2.05) is 13.8 Å². The maximum atomic E-state index is 14.0. The minimum Gasteiger partial charge on any atom is -0.507 e. The van der Waals surface area contributed by atoms with E-state index < -0.39 is 34.3 Å². The number of hydrogen-bond acceptors (Lipinski definition) is 11. The van der Waals surface area contributed by atoms with Crippen molar-refractivity contribution >= 4 is 23.0 Å². The molecule has 0 unspecified atom stereocenters. The molecule has 1 aliphatic carbocycles. The van der Waals surface area contributed by atoms with E-state index in [1.54, 1.807) is 12.1 Å². The zero-order valence-corrected chi connectivity index (χ0v) is 22.7. The van der Waals surface area contributed by atoms with E-state index in [-0.39, 0.29) is 56.9 Å². The van der Waals surface area contributed by atoms with E-state index in [9.17, 15) is 29.7 Å². The first kappa shape index (κ1) is 26.6. The number of rotatable bonds is 5. The van der Waals surface area contributed by atoms with Gasteiger partial charge in [-0.1, -0.05) is 0 Å². The van der Waals surface area contributed by atoms with Gasteiger partial charge in [0.05, 0.1) is 22.9 Å². The van der Waals surface area contributed by atoms with Gasteiger partial charge in [-0.3, -0.25) is 14.4 Å². The van der Waals surface area contributed by atoms with Crippen molar-refractivity contribution in [3.05, 3.63) is 58.0 Å². The summed E-state index contributed by atoms with van der Waals surface area (Å²) in [5.74, 6) is -2.83. The summed E-state index contributed by atoms with van der Waals surface area (Å²) in [5.41, 5.74) is -1.22. The number of benzene rings is 2. The fourth-order valence-corrected chi connectivity index (χ4v) is 4.96. The van der Waals surface area contributed by atoms with E-state index in [4.69, 9.17) is 4.74 Å². The Morgan fingerprint density at radius 2 is 1.82 bits per heavy atom. The first-order valence-corrected chi connectivity index (χ1v) is 12.5. The van der Waals surface area contributed by atoms with Crippen LogP contribution in [-0.2, 0) is 15.0 Å². The summed E-state index contributed by atoms with van der Waals surface area (Å²) >= 11 is 0. The van der Waals surface area contributed by atoms with Crippen molar-refractivity contribution in [3.63, 3.8) is 0 Å². The molecule has 3 aromatic rings. The van der Waals surface area contributed by atoms with Crippen molar-refractivity contribution in [1.29, 1.82) is 0 Å². The molecule has 1 aliphatic heterocycles.